The van der Waals surface area contributed by atoms with Crippen molar-refractivity contribution in [1.29, 1.82) is 0 Å². The third-order valence-electron chi connectivity index (χ3n) is 4.40. The molecule has 0 N–H and O–H groups in total. The van der Waals surface area contributed by atoms with Gasteiger partial charge in [-0.05, 0) is 26.0 Å². The molecule has 0 saturated carbocycles. The van der Waals surface area contributed by atoms with Crippen molar-refractivity contribution >= 4 is 17.2 Å². The standard InChI is InChI=1S/C17H18F3N5O2/c1-11-9-16(22-12(2)21-11)24-7-5-23(6-8-24)14-4-3-13(17(18,19)20)10-15(14)25(26)27/h3-4,9-10H,5-8H2,1-2H3. The van der Waals surface area contributed by atoms with Crippen molar-refractivity contribution in [1.82, 2.24) is 9.97 Å². The largest absolute Gasteiger partial charge is 0.416 e. The molecule has 1 aromatic carbocycles. The number of anilines is 2. The number of benzene rings is 1. The second-order valence-corrected chi connectivity index (χ2v) is 6.35. The molecule has 3 rings (SSSR count). The van der Waals surface area contributed by atoms with E-state index in [0.717, 1.165) is 17.6 Å². The molecule has 144 valence electrons. The van der Waals surface area contributed by atoms with Gasteiger partial charge in [0, 0.05) is 44.0 Å². The molecule has 27 heavy (non-hydrogen) atoms. The van der Waals surface area contributed by atoms with Gasteiger partial charge in [-0.25, -0.2) is 9.97 Å². The Bertz CT molecular complexity index is 844. The summed E-state index contributed by atoms with van der Waals surface area (Å²) in [7, 11) is 0. The Morgan fingerprint density at radius 1 is 1.04 bits per heavy atom. The van der Waals surface area contributed by atoms with Gasteiger partial charge >= 0.3 is 6.18 Å². The van der Waals surface area contributed by atoms with E-state index in [4.69, 9.17) is 0 Å². The fraction of sp³-hybridized carbons (Fsp3) is 0.412. The topological polar surface area (TPSA) is 75.4 Å². The molecule has 1 aliphatic rings. The van der Waals surface area contributed by atoms with Crippen LogP contribution in [0.1, 0.15) is 17.1 Å². The van der Waals surface area contributed by atoms with E-state index >= 15 is 0 Å². The average Bonchev–Trinajstić information content (AvgIpc) is 2.59. The van der Waals surface area contributed by atoms with Crippen LogP contribution in [0.2, 0.25) is 0 Å². The molecule has 2 aromatic rings. The van der Waals surface area contributed by atoms with Crippen LogP contribution in [0.15, 0.2) is 24.3 Å². The van der Waals surface area contributed by atoms with Crippen LogP contribution in [-0.4, -0.2) is 41.1 Å². The number of halogens is 3. The van der Waals surface area contributed by atoms with E-state index in [2.05, 4.69) is 9.97 Å². The van der Waals surface area contributed by atoms with Crippen molar-refractivity contribution in [3.05, 3.63) is 51.5 Å². The summed E-state index contributed by atoms with van der Waals surface area (Å²) in [6.45, 7) is 5.66. The zero-order chi connectivity index (χ0) is 19.8. The molecule has 7 nitrogen and oxygen atoms in total. The molecule has 0 unspecified atom stereocenters. The van der Waals surface area contributed by atoms with Crippen molar-refractivity contribution in [3.63, 3.8) is 0 Å². The Labute approximate surface area is 153 Å². The number of aromatic nitrogens is 2. The first-order valence-corrected chi connectivity index (χ1v) is 8.33. The summed E-state index contributed by atoms with van der Waals surface area (Å²) < 4.78 is 38.6. The minimum Gasteiger partial charge on any atom is -0.362 e. The Kier molecular flexibility index (Phi) is 4.90. The minimum absolute atomic E-state index is 0.197. The zero-order valence-corrected chi connectivity index (χ0v) is 14.8. The van der Waals surface area contributed by atoms with E-state index in [0.29, 0.717) is 38.1 Å². The highest BCUT2D eigenvalue weighted by Crippen LogP contribution is 2.36. The fourth-order valence-electron chi connectivity index (χ4n) is 3.15. The first-order valence-electron chi connectivity index (χ1n) is 8.33. The van der Waals surface area contributed by atoms with Gasteiger partial charge in [-0.3, -0.25) is 10.1 Å². The van der Waals surface area contributed by atoms with E-state index < -0.39 is 22.4 Å². The summed E-state index contributed by atoms with van der Waals surface area (Å²) in [6, 6.07) is 4.52. The molecule has 10 heteroatoms. The quantitative estimate of drug-likeness (QED) is 0.600. The second kappa shape index (κ2) is 7.01. The van der Waals surface area contributed by atoms with Gasteiger partial charge < -0.3 is 9.80 Å². The summed E-state index contributed by atoms with van der Waals surface area (Å²) in [4.78, 5) is 22.9. The summed E-state index contributed by atoms with van der Waals surface area (Å²) in [5.41, 5.74) is -0.517. The molecule has 0 atom stereocenters. The Hall–Kier alpha value is -2.91. The van der Waals surface area contributed by atoms with Crippen LogP contribution in [0.5, 0.6) is 0 Å². The lowest BCUT2D eigenvalue weighted by Crippen LogP contribution is -2.47. The predicted octanol–water partition coefficient (Wildman–Crippen LogP) is 3.35. The van der Waals surface area contributed by atoms with Crippen LogP contribution >= 0.6 is 0 Å². The molecule has 0 bridgehead atoms. The monoisotopic (exact) mass is 381 g/mol. The van der Waals surface area contributed by atoms with Gasteiger partial charge in [-0.1, -0.05) is 0 Å². The summed E-state index contributed by atoms with van der Waals surface area (Å²) in [5.74, 6) is 1.44. The van der Waals surface area contributed by atoms with Crippen molar-refractivity contribution in [3.8, 4) is 0 Å². The lowest BCUT2D eigenvalue weighted by molar-refractivity contribution is -0.384. The number of piperazine rings is 1. The molecule has 2 heterocycles. The maximum absolute atomic E-state index is 12.9. The lowest BCUT2D eigenvalue weighted by atomic mass is 10.1. The molecular formula is C17H18F3N5O2. The molecule has 0 spiro atoms. The highest BCUT2D eigenvalue weighted by atomic mass is 19.4. The third kappa shape index (κ3) is 4.09. The maximum atomic E-state index is 12.9. The summed E-state index contributed by atoms with van der Waals surface area (Å²) in [5, 5.41) is 11.3. The number of aryl methyl sites for hydroxylation is 2. The first-order chi connectivity index (χ1) is 12.6. The molecule has 1 fully saturated rings. The highest BCUT2D eigenvalue weighted by Gasteiger charge is 2.34. The van der Waals surface area contributed by atoms with Gasteiger partial charge in [0.1, 0.15) is 17.3 Å². The van der Waals surface area contributed by atoms with Gasteiger partial charge in [0.05, 0.1) is 10.5 Å². The average molecular weight is 381 g/mol. The van der Waals surface area contributed by atoms with Gasteiger partial charge in [0.2, 0.25) is 0 Å². The van der Waals surface area contributed by atoms with Crippen LogP contribution in [0.25, 0.3) is 0 Å². The van der Waals surface area contributed by atoms with Crippen LogP contribution in [0.3, 0.4) is 0 Å². The van der Waals surface area contributed by atoms with Crippen molar-refractivity contribution in [2.24, 2.45) is 0 Å². The SMILES string of the molecule is Cc1cc(N2CCN(c3ccc(C(F)(F)F)cc3[N+](=O)[O-])CC2)nc(C)n1. The number of hydrogen-bond acceptors (Lipinski definition) is 6. The molecule has 1 saturated heterocycles. The van der Waals surface area contributed by atoms with E-state index in [1.165, 1.54) is 6.07 Å². The van der Waals surface area contributed by atoms with E-state index in [1.54, 1.807) is 11.8 Å². The van der Waals surface area contributed by atoms with Gasteiger partial charge in [-0.2, -0.15) is 13.2 Å². The number of rotatable bonds is 3. The number of nitro groups is 1. The predicted molar refractivity (Wildman–Crippen MR) is 94.0 cm³/mol. The molecule has 1 aromatic heterocycles. The van der Waals surface area contributed by atoms with Crippen molar-refractivity contribution < 1.29 is 18.1 Å². The minimum atomic E-state index is -4.62. The molecular weight excluding hydrogens is 363 g/mol. The van der Waals surface area contributed by atoms with E-state index in [9.17, 15) is 23.3 Å². The van der Waals surface area contributed by atoms with Gasteiger partial charge in [-0.15, -0.1) is 0 Å². The highest BCUT2D eigenvalue weighted by molar-refractivity contribution is 5.65. The molecule has 0 radical (unpaired) electrons. The summed E-state index contributed by atoms with van der Waals surface area (Å²) in [6.07, 6.45) is -4.62. The Balaban J connectivity index is 1.80. The van der Waals surface area contributed by atoms with Crippen LogP contribution < -0.4 is 9.80 Å². The van der Waals surface area contributed by atoms with E-state index in [-0.39, 0.29) is 5.69 Å². The van der Waals surface area contributed by atoms with Crippen LogP contribution in [0, 0.1) is 24.0 Å². The summed E-state index contributed by atoms with van der Waals surface area (Å²) >= 11 is 0. The van der Waals surface area contributed by atoms with E-state index in [1.807, 2.05) is 17.9 Å². The number of hydrogen-bond donors (Lipinski definition) is 0. The number of nitro benzene ring substituents is 1. The number of alkyl halides is 3. The molecule has 1 aliphatic heterocycles. The third-order valence-corrected chi connectivity index (χ3v) is 4.40. The molecule has 0 aliphatic carbocycles. The smallest absolute Gasteiger partial charge is 0.362 e. The van der Waals surface area contributed by atoms with Crippen LogP contribution in [-0.2, 0) is 6.18 Å². The number of nitrogens with zero attached hydrogens (tertiary/aromatic N) is 5. The second-order valence-electron chi connectivity index (χ2n) is 6.35. The first kappa shape index (κ1) is 18.9. The van der Waals surface area contributed by atoms with Crippen LogP contribution in [0.4, 0.5) is 30.4 Å². The Morgan fingerprint density at radius 2 is 1.67 bits per heavy atom. The maximum Gasteiger partial charge on any atom is 0.416 e. The van der Waals surface area contributed by atoms with Gasteiger partial charge in [0.15, 0.2) is 0 Å². The van der Waals surface area contributed by atoms with Crippen molar-refractivity contribution in [2.75, 3.05) is 36.0 Å². The zero-order valence-electron chi connectivity index (χ0n) is 14.8. The fourth-order valence-corrected chi connectivity index (χ4v) is 3.15. The Morgan fingerprint density at radius 3 is 2.22 bits per heavy atom. The molecule has 0 amide bonds. The van der Waals surface area contributed by atoms with Gasteiger partial charge in [0.25, 0.3) is 5.69 Å². The normalized spacial score (nSPS) is 15.1. The van der Waals surface area contributed by atoms with Crippen molar-refractivity contribution in [2.45, 2.75) is 20.0 Å². The lowest BCUT2D eigenvalue weighted by Gasteiger charge is -2.36.